The predicted molar refractivity (Wildman–Crippen MR) is 106 cm³/mol. The normalized spacial score (nSPS) is 12.1. The van der Waals surface area contributed by atoms with Crippen molar-refractivity contribution in [2.75, 3.05) is 0 Å². The van der Waals surface area contributed by atoms with E-state index in [1.165, 1.54) is 0 Å². The van der Waals surface area contributed by atoms with Crippen LogP contribution in [0.2, 0.25) is 0 Å². The molecule has 0 bridgehead atoms. The summed E-state index contributed by atoms with van der Waals surface area (Å²) in [6, 6.07) is 18.3. The molecule has 144 valence electrons. The molecule has 0 heterocycles. The molecule has 0 fully saturated rings. The van der Waals surface area contributed by atoms with Gasteiger partial charge < -0.3 is 10.6 Å². The molecule has 27 heavy (non-hydrogen) atoms. The fourth-order valence-electron chi connectivity index (χ4n) is 2.54. The van der Waals surface area contributed by atoms with E-state index in [0.717, 1.165) is 11.1 Å². The van der Waals surface area contributed by atoms with Gasteiger partial charge in [0.25, 0.3) is 5.91 Å². The molecule has 4 N–H and O–H groups in total. The maximum absolute atomic E-state index is 12.6. The van der Waals surface area contributed by atoms with Gasteiger partial charge >= 0.3 is 6.03 Å². The molecule has 0 aliphatic heterocycles. The van der Waals surface area contributed by atoms with E-state index < -0.39 is 11.5 Å². The molecule has 0 radical (unpaired) electrons. The van der Waals surface area contributed by atoms with E-state index in [0.29, 0.717) is 13.1 Å². The van der Waals surface area contributed by atoms with Gasteiger partial charge in [-0.3, -0.25) is 10.2 Å². The van der Waals surface area contributed by atoms with Crippen molar-refractivity contribution in [1.29, 1.82) is 0 Å². The second kappa shape index (κ2) is 9.73. The second-order valence-corrected chi connectivity index (χ2v) is 7.44. The molecule has 0 aliphatic rings. The van der Waals surface area contributed by atoms with Gasteiger partial charge in [-0.25, -0.2) is 10.2 Å². The van der Waals surface area contributed by atoms with Crippen molar-refractivity contribution >= 4 is 11.9 Å². The lowest BCUT2D eigenvalue weighted by Gasteiger charge is -2.30. The van der Waals surface area contributed by atoms with Gasteiger partial charge in [0.05, 0.1) is 0 Å². The summed E-state index contributed by atoms with van der Waals surface area (Å²) in [6.45, 7) is 6.63. The highest BCUT2D eigenvalue weighted by atomic mass is 16.2. The number of benzene rings is 2. The van der Waals surface area contributed by atoms with Crippen LogP contribution < -0.4 is 21.5 Å². The van der Waals surface area contributed by atoms with Gasteiger partial charge in [0.15, 0.2) is 0 Å². The smallest absolute Gasteiger partial charge is 0.315 e. The zero-order chi connectivity index (χ0) is 19.7. The molecule has 6 heteroatoms. The highest BCUT2D eigenvalue weighted by Crippen LogP contribution is 2.19. The van der Waals surface area contributed by atoms with E-state index in [2.05, 4.69) is 21.5 Å². The molecule has 0 unspecified atom stereocenters. The predicted octanol–water partition coefficient (Wildman–Crippen LogP) is 2.72. The molecule has 6 nitrogen and oxygen atoms in total. The topological polar surface area (TPSA) is 82.3 Å². The fourth-order valence-corrected chi connectivity index (χ4v) is 2.54. The standard InChI is InChI=1S/C21H28N4O2/c1-21(2,3)18(19(26)25-23-15-17-12-8-5-9-13-17)24-20(27)22-14-16-10-6-4-7-11-16/h4-13,18,23H,14-15H2,1-3H3,(H,25,26)(H2,22,24,27)/t18-/m1/s1. The first-order valence-electron chi connectivity index (χ1n) is 9.01. The number of hydrogen-bond donors (Lipinski definition) is 4. The third-order valence-corrected chi connectivity index (χ3v) is 4.05. The molecule has 0 aromatic heterocycles. The number of urea groups is 1. The van der Waals surface area contributed by atoms with Gasteiger partial charge in [-0.2, -0.15) is 0 Å². The Kier molecular flexibility index (Phi) is 7.37. The maximum atomic E-state index is 12.6. The number of rotatable bonds is 7. The average molecular weight is 368 g/mol. The monoisotopic (exact) mass is 368 g/mol. The summed E-state index contributed by atoms with van der Waals surface area (Å²) < 4.78 is 0. The van der Waals surface area contributed by atoms with Crippen LogP contribution in [-0.2, 0) is 17.9 Å². The van der Waals surface area contributed by atoms with Gasteiger partial charge in [-0.15, -0.1) is 0 Å². The summed E-state index contributed by atoms with van der Waals surface area (Å²) >= 11 is 0. The number of nitrogens with one attached hydrogen (secondary N) is 4. The Balaban J connectivity index is 1.86. The summed E-state index contributed by atoms with van der Waals surface area (Å²) in [5.74, 6) is -0.284. The molecular formula is C21H28N4O2. The van der Waals surface area contributed by atoms with E-state index in [1.54, 1.807) is 0 Å². The van der Waals surface area contributed by atoms with Crippen LogP contribution in [0.4, 0.5) is 4.79 Å². The fraction of sp³-hybridized carbons (Fsp3) is 0.333. The van der Waals surface area contributed by atoms with Crippen molar-refractivity contribution in [2.24, 2.45) is 5.41 Å². The van der Waals surface area contributed by atoms with E-state index in [-0.39, 0.29) is 11.9 Å². The largest absolute Gasteiger partial charge is 0.334 e. The van der Waals surface area contributed by atoms with Crippen molar-refractivity contribution in [2.45, 2.75) is 39.9 Å². The number of hydrogen-bond acceptors (Lipinski definition) is 3. The second-order valence-electron chi connectivity index (χ2n) is 7.44. The van der Waals surface area contributed by atoms with Crippen LogP contribution in [0.5, 0.6) is 0 Å². The van der Waals surface area contributed by atoms with Gasteiger partial charge in [-0.1, -0.05) is 81.4 Å². The molecule has 2 aromatic rings. The molecular weight excluding hydrogens is 340 g/mol. The first-order chi connectivity index (χ1) is 12.9. The molecule has 0 saturated heterocycles. The third-order valence-electron chi connectivity index (χ3n) is 4.05. The first kappa shape index (κ1) is 20.5. The van der Waals surface area contributed by atoms with Crippen LogP contribution in [0.1, 0.15) is 31.9 Å². The minimum atomic E-state index is -0.684. The number of carbonyl (C=O) groups is 2. The molecule has 3 amide bonds. The number of hydrazine groups is 1. The lowest BCUT2D eigenvalue weighted by Crippen LogP contribution is -2.57. The summed E-state index contributed by atoms with van der Waals surface area (Å²) in [6.07, 6.45) is 0. The molecule has 2 rings (SSSR count). The van der Waals surface area contributed by atoms with Crippen LogP contribution in [-0.4, -0.2) is 18.0 Å². The molecule has 1 atom stereocenters. The van der Waals surface area contributed by atoms with Crippen molar-refractivity contribution in [3.8, 4) is 0 Å². The highest BCUT2D eigenvalue weighted by Gasteiger charge is 2.32. The number of carbonyl (C=O) groups excluding carboxylic acids is 2. The summed E-state index contributed by atoms with van der Waals surface area (Å²) in [4.78, 5) is 24.8. The maximum Gasteiger partial charge on any atom is 0.315 e. The van der Waals surface area contributed by atoms with E-state index >= 15 is 0 Å². The summed E-state index contributed by atoms with van der Waals surface area (Å²) in [5, 5.41) is 5.56. The molecule has 0 spiro atoms. The van der Waals surface area contributed by atoms with Gasteiger partial charge in [-0.05, 0) is 16.5 Å². The van der Waals surface area contributed by atoms with Crippen molar-refractivity contribution in [1.82, 2.24) is 21.5 Å². The zero-order valence-electron chi connectivity index (χ0n) is 16.1. The Bertz CT molecular complexity index is 727. The number of amides is 3. The Labute approximate surface area is 160 Å². The van der Waals surface area contributed by atoms with E-state index in [1.807, 2.05) is 81.4 Å². The van der Waals surface area contributed by atoms with Crippen LogP contribution in [0.3, 0.4) is 0 Å². The zero-order valence-corrected chi connectivity index (χ0v) is 16.1. The Morgan fingerprint density at radius 3 is 1.89 bits per heavy atom. The lowest BCUT2D eigenvalue weighted by molar-refractivity contribution is -0.126. The van der Waals surface area contributed by atoms with Crippen LogP contribution in [0, 0.1) is 5.41 Å². The molecule has 2 aromatic carbocycles. The quantitative estimate of drug-likeness (QED) is 0.567. The minimum absolute atomic E-state index is 0.284. The van der Waals surface area contributed by atoms with Gasteiger partial charge in [0.2, 0.25) is 0 Å². The van der Waals surface area contributed by atoms with E-state index in [9.17, 15) is 9.59 Å². The SMILES string of the molecule is CC(C)(C)[C@H](NC(=O)NCc1ccccc1)C(=O)NNCc1ccccc1. The Hall–Kier alpha value is -2.86. The van der Waals surface area contributed by atoms with Crippen molar-refractivity contribution < 1.29 is 9.59 Å². The average Bonchev–Trinajstić information content (AvgIpc) is 2.65. The van der Waals surface area contributed by atoms with E-state index in [4.69, 9.17) is 0 Å². The van der Waals surface area contributed by atoms with Crippen LogP contribution in [0.25, 0.3) is 0 Å². The molecule has 0 saturated carbocycles. The Morgan fingerprint density at radius 1 is 0.852 bits per heavy atom. The Morgan fingerprint density at radius 2 is 1.37 bits per heavy atom. The highest BCUT2D eigenvalue weighted by molar-refractivity contribution is 5.87. The first-order valence-corrected chi connectivity index (χ1v) is 9.01. The van der Waals surface area contributed by atoms with Crippen molar-refractivity contribution in [3.63, 3.8) is 0 Å². The molecule has 0 aliphatic carbocycles. The lowest BCUT2D eigenvalue weighted by atomic mass is 9.86. The summed E-state index contributed by atoms with van der Waals surface area (Å²) in [5.41, 5.74) is 7.21. The van der Waals surface area contributed by atoms with Gasteiger partial charge in [0, 0.05) is 13.1 Å². The van der Waals surface area contributed by atoms with Crippen LogP contribution >= 0.6 is 0 Å². The van der Waals surface area contributed by atoms with Crippen LogP contribution in [0.15, 0.2) is 60.7 Å². The third kappa shape index (κ3) is 7.11. The van der Waals surface area contributed by atoms with Crippen molar-refractivity contribution in [3.05, 3.63) is 71.8 Å². The van der Waals surface area contributed by atoms with Gasteiger partial charge in [0.1, 0.15) is 6.04 Å². The minimum Gasteiger partial charge on any atom is -0.334 e. The summed E-state index contributed by atoms with van der Waals surface area (Å²) in [7, 11) is 0.